The third kappa shape index (κ3) is 5.34. The first-order valence-corrected chi connectivity index (χ1v) is 11.6. The van der Waals surface area contributed by atoms with Crippen molar-refractivity contribution in [1.29, 1.82) is 0 Å². The van der Waals surface area contributed by atoms with Crippen LogP contribution in [0, 0.1) is 0 Å². The van der Waals surface area contributed by atoms with E-state index >= 15 is 0 Å². The maximum absolute atomic E-state index is 13.0. The highest BCUT2D eigenvalue weighted by atomic mass is 79.9. The summed E-state index contributed by atoms with van der Waals surface area (Å²) in [6.45, 7) is 4.91. The first-order valence-electron chi connectivity index (χ1n) is 10.8. The van der Waals surface area contributed by atoms with Crippen molar-refractivity contribution < 1.29 is 14.4 Å². The Morgan fingerprint density at radius 2 is 1.85 bits per heavy atom. The smallest absolute Gasteiger partial charge is 0.267 e. The number of likely N-dealkylation sites (tertiary alicyclic amines) is 1. The van der Waals surface area contributed by atoms with E-state index in [-0.39, 0.29) is 30.3 Å². The summed E-state index contributed by atoms with van der Waals surface area (Å²) in [4.78, 5) is 39.0. The summed E-state index contributed by atoms with van der Waals surface area (Å²) in [5.74, 6) is -0.571. The van der Waals surface area contributed by atoms with Crippen LogP contribution < -0.4 is 10.6 Å². The van der Waals surface area contributed by atoms with Crippen LogP contribution in [-0.2, 0) is 22.6 Å². The zero-order valence-electron chi connectivity index (χ0n) is 18.1. The molecule has 33 heavy (non-hydrogen) atoms. The van der Waals surface area contributed by atoms with Crippen LogP contribution in [0.3, 0.4) is 0 Å². The van der Waals surface area contributed by atoms with E-state index in [0.29, 0.717) is 25.3 Å². The molecule has 170 valence electrons. The molecular formula is C25H25BrN4O3. The highest BCUT2D eigenvalue weighted by molar-refractivity contribution is 9.10. The number of hydrogen-bond donors (Lipinski definition) is 2. The molecule has 1 aliphatic heterocycles. The third-order valence-corrected chi connectivity index (χ3v) is 6.17. The van der Waals surface area contributed by atoms with E-state index in [0.717, 1.165) is 27.4 Å². The van der Waals surface area contributed by atoms with E-state index in [2.05, 4.69) is 33.1 Å². The van der Waals surface area contributed by atoms with Gasteiger partial charge in [-0.05, 0) is 42.3 Å². The molecular weight excluding hydrogens is 484 g/mol. The number of carbonyl (C=O) groups is 3. The normalized spacial score (nSPS) is 13.4. The minimum atomic E-state index is -0.225. The second-order valence-corrected chi connectivity index (χ2v) is 8.94. The summed E-state index contributed by atoms with van der Waals surface area (Å²) >= 11 is 3.47. The lowest BCUT2D eigenvalue weighted by Gasteiger charge is -2.38. The molecule has 8 heteroatoms. The monoisotopic (exact) mass is 508 g/mol. The molecule has 2 N–H and O–H groups in total. The molecule has 3 amide bonds. The molecule has 0 bridgehead atoms. The highest BCUT2D eigenvalue weighted by Gasteiger charge is 2.30. The van der Waals surface area contributed by atoms with E-state index in [9.17, 15) is 14.4 Å². The molecule has 2 heterocycles. The first-order chi connectivity index (χ1) is 15.9. The molecule has 0 aliphatic carbocycles. The van der Waals surface area contributed by atoms with Gasteiger partial charge in [-0.15, -0.1) is 0 Å². The third-order valence-electron chi connectivity index (χ3n) is 5.67. The molecule has 0 saturated carbocycles. The Kier molecular flexibility index (Phi) is 6.93. The molecule has 0 spiro atoms. The summed E-state index contributed by atoms with van der Waals surface area (Å²) < 4.78 is 2.63. The second-order valence-electron chi connectivity index (χ2n) is 8.02. The zero-order valence-corrected chi connectivity index (χ0v) is 19.7. The van der Waals surface area contributed by atoms with Crippen molar-refractivity contribution in [2.24, 2.45) is 0 Å². The number of amides is 3. The number of hydrogen-bond acceptors (Lipinski definition) is 3. The fourth-order valence-corrected chi connectivity index (χ4v) is 4.33. The van der Waals surface area contributed by atoms with Gasteiger partial charge in [0, 0.05) is 35.0 Å². The van der Waals surface area contributed by atoms with Crippen molar-refractivity contribution in [2.75, 3.05) is 19.6 Å². The molecule has 1 aromatic heterocycles. The van der Waals surface area contributed by atoms with E-state index < -0.39 is 0 Å². The average molecular weight is 509 g/mol. The second kappa shape index (κ2) is 10.0. The number of nitrogens with zero attached hydrogens (tertiary/aromatic N) is 2. The van der Waals surface area contributed by atoms with Crippen LogP contribution in [0.25, 0.3) is 10.9 Å². The van der Waals surface area contributed by atoms with Gasteiger partial charge < -0.3 is 20.1 Å². The maximum Gasteiger partial charge on any atom is 0.267 e. The van der Waals surface area contributed by atoms with Crippen LogP contribution in [-0.4, -0.2) is 52.9 Å². The van der Waals surface area contributed by atoms with Gasteiger partial charge in [0.2, 0.25) is 11.8 Å². The van der Waals surface area contributed by atoms with Crippen LogP contribution in [0.1, 0.15) is 16.1 Å². The number of fused-ring (bicyclic) bond motifs is 1. The molecule has 2 aromatic carbocycles. The number of rotatable bonds is 8. The number of halogens is 1. The van der Waals surface area contributed by atoms with Gasteiger partial charge in [-0.25, -0.2) is 0 Å². The topological polar surface area (TPSA) is 83.4 Å². The Morgan fingerprint density at radius 3 is 2.58 bits per heavy atom. The Hall–Kier alpha value is -3.39. The molecule has 0 radical (unpaired) electrons. The minimum Gasteiger partial charge on any atom is -0.350 e. The van der Waals surface area contributed by atoms with E-state index in [4.69, 9.17) is 0 Å². The predicted molar refractivity (Wildman–Crippen MR) is 131 cm³/mol. The Bertz CT molecular complexity index is 1200. The van der Waals surface area contributed by atoms with Crippen molar-refractivity contribution >= 4 is 44.6 Å². The molecule has 0 atom stereocenters. The van der Waals surface area contributed by atoms with Crippen LogP contribution in [0.5, 0.6) is 0 Å². The van der Waals surface area contributed by atoms with Gasteiger partial charge in [0.1, 0.15) is 12.2 Å². The molecule has 7 nitrogen and oxygen atoms in total. The minimum absolute atomic E-state index is 0.0124. The van der Waals surface area contributed by atoms with E-state index in [1.54, 1.807) is 15.5 Å². The molecule has 4 rings (SSSR count). The van der Waals surface area contributed by atoms with E-state index in [1.165, 1.54) is 6.08 Å². The maximum atomic E-state index is 13.0. The highest BCUT2D eigenvalue weighted by Crippen LogP contribution is 2.24. The Morgan fingerprint density at radius 1 is 1.09 bits per heavy atom. The quantitative estimate of drug-likeness (QED) is 0.459. The lowest BCUT2D eigenvalue weighted by molar-refractivity contribution is -0.133. The van der Waals surface area contributed by atoms with Crippen LogP contribution in [0.15, 0.2) is 71.7 Å². The fourth-order valence-electron chi connectivity index (χ4n) is 3.95. The largest absolute Gasteiger partial charge is 0.350 e. The van der Waals surface area contributed by atoms with Gasteiger partial charge in [-0.2, -0.15) is 0 Å². The van der Waals surface area contributed by atoms with Gasteiger partial charge in [-0.3, -0.25) is 14.4 Å². The molecule has 3 aromatic rings. The summed E-state index contributed by atoms with van der Waals surface area (Å²) in [7, 11) is 0. The van der Waals surface area contributed by atoms with Crippen LogP contribution in [0.2, 0.25) is 0 Å². The van der Waals surface area contributed by atoms with Gasteiger partial charge >= 0.3 is 0 Å². The summed E-state index contributed by atoms with van der Waals surface area (Å²) in [5, 5.41) is 6.78. The van der Waals surface area contributed by atoms with Crippen molar-refractivity contribution in [3.05, 3.63) is 83.0 Å². The van der Waals surface area contributed by atoms with Gasteiger partial charge in [0.05, 0.1) is 6.04 Å². The van der Waals surface area contributed by atoms with Crippen molar-refractivity contribution in [3.63, 3.8) is 0 Å². The molecule has 1 fully saturated rings. The average Bonchev–Trinajstić information content (AvgIpc) is 3.13. The van der Waals surface area contributed by atoms with Crippen molar-refractivity contribution in [1.82, 2.24) is 20.1 Å². The van der Waals surface area contributed by atoms with Gasteiger partial charge in [0.15, 0.2) is 0 Å². The zero-order chi connectivity index (χ0) is 23.4. The molecule has 1 saturated heterocycles. The predicted octanol–water partition coefficient (Wildman–Crippen LogP) is 2.89. The number of carbonyl (C=O) groups excluding carboxylic acids is 3. The van der Waals surface area contributed by atoms with Crippen molar-refractivity contribution in [3.8, 4) is 0 Å². The van der Waals surface area contributed by atoms with E-state index in [1.807, 2.05) is 48.5 Å². The number of nitrogens with one attached hydrogen (secondary N) is 2. The van der Waals surface area contributed by atoms with Crippen LogP contribution in [0.4, 0.5) is 0 Å². The molecule has 1 aliphatic rings. The number of benzene rings is 2. The number of aromatic nitrogens is 1. The summed E-state index contributed by atoms with van der Waals surface area (Å²) in [5.41, 5.74) is 2.38. The first kappa shape index (κ1) is 22.8. The van der Waals surface area contributed by atoms with Gasteiger partial charge in [0.25, 0.3) is 5.91 Å². The standard InChI is InChI=1S/C25H25BrN4O3/c1-2-24(32)29-14-20(15-29)28-23(31)16-30-21-9-8-19(26)12-18(21)13-22(30)25(33)27-11-10-17-6-4-3-5-7-17/h2-9,12-13,20H,1,10-11,14-16H2,(H,27,33)(H,28,31). The lowest BCUT2D eigenvalue weighted by Crippen LogP contribution is -2.61. The SMILES string of the molecule is C=CC(=O)N1CC(NC(=O)Cn2c(C(=O)NCCc3ccccc3)cc3cc(Br)ccc32)C1. The Balaban J connectivity index is 1.45. The summed E-state index contributed by atoms with van der Waals surface area (Å²) in [6, 6.07) is 17.4. The van der Waals surface area contributed by atoms with Gasteiger partial charge in [-0.1, -0.05) is 52.8 Å². The van der Waals surface area contributed by atoms with Crippen LogP contribution >= 0.6 is 15.9 Å². The molecule has 0 unspecified atom stereocenters. The lowest BCUT2D eigenvalue weighted by atomic mass is 10.1. The Labute approximate surface area is 200 Å². The summed E-state index contributed by atoms with van der Waals surface area (Å²) in [6.07, 6.45) is 1.99. The fraction of sp³-hybridized carbons (Fsp3) is 0.240. The van der Waals surface area contributed by atoms with Crippen molar-refractivity contribution in [2.45, 2.75) is 19.0 Å².